The molecule has 0 aromatic rings. The van der Waals surface area contributed by atoms with Gasteiger partial charge in [-0.1, -0.05) is 26.0 Å². The van der Waals surface area contributed by atoms with Crippen LogP contribution in [0.25, 0.3) is 0 Å². The molecule has 1 aliphatic heterocycles. The molecule has 0 radical (unpaired) electrons. The zero-order valence-electron chi connectivity index (χ0n) is 14.6. The van der Waals surface area contributed by atoms with Crippen LogP contribution in [0.3, 0.4) is 0 Å². The first-order valence-electron chi connectivity index (χ1n) is 7.85. The number of nitrogens with one attached hydrogen (secondary N) is 1. The van der Waals surface area contributed by atoms with Crippen LogP contribution < -0.4 is 5.32 Å². The van der Waals surface area contributed by atoms with E-state index in [2.05, 4.69) is 25.7 Å². The number of hydrogen-bond donors (Lipinski definition) is 1. The van der Waals surface area contributed by atoms with Gasteiger partial charge in [-0.2, -0.15) is 0 Å². The first-order chi connectivity index (χ1) is 9.99. The zero-order valence-corrected chi connectivity index (χ0v) is 14.6. The monoisotopic (exact) mass is 311 g/mol. The Labute approximate surface area is 133 Å². The molecule has 1 N–H and O–H groups in total. The van der Waals surface area contributed by atoms with Crippen molar-refractivity contribution in [3.8, 4) is 0 Å². The highest BCUT2D eigenvalue weighted by atomic mass is 16.6. The van der Waals surface area contributed by atoms with Crippen molar-refractivity contribution in [3.05, 3.63) is 12.2 Å². The fourth-order valence-corrected chi connectivity index (χ4v) is 2.53. The largest absolute Gasteiger partial charge is 0.460 e. The molecular weight excluding hydrogens is 282 g/mol. The van der Waals surface area contributed by atoms with Crippen LogP contribution >= 0.6 is 0 Å². The van der Waals surface area contributed by atoms with E-state index in [0.717, 1.165) is 12.0 Å². The predicted molar refractivity (Wildman–Crippen MR) is 85.4 cm³/mol. The van der Waals surface area contributed by atoms with E-state index in [9.17, 15) is 9.59 Å². The van der Waals surface area contributed by atoms with Gasteiger partial charge in [-0.05, 0) is 40.0 Å². The minimum absolute atomic E-state index is 0.247. The summed E-state index contributed by atoms with van der Waals surface area (Å²) in [6, 6.07) is -0.247. The summed E-state index contributed by atoms with van der Waals surface area (Å²) < 4.78 is 10.8. The molecular formula is C17H29NO4. The number of cyclic esters (lactones) is 1. The summed E-state index contributed by atoms with van der Waals surface area (Å²) in [6.45, 7) is 15.2. The Morgan fingerprint density at radius 2 is 2.05 bits per heavy atom. The number of ether oxygens (including phenoxy) is 2. The molecule has 3 atom stereocenters. The molecule has 0 aromatic heterocycles. The lowest BCUT2D eigenvalue weighted by Crippen LogP contribution is -2.46. The van der Waals surface area contributed by atoms with Gasteiger partial charge in [0, 0.05) is 6.42 Å². The molecule has 0 aliphatic carbocycles. The Morgan fingerprint density at radius 3 is 2.45 bits per heavy atom. The van der Waals surface area contributed by atoms with E-state index in [-0.39, 0.29) is 24.0 Å². The second-order valence-corrected chi connectivity index (χ2v) is 7.49. The van der Waals surface area contributed by atoms with Crippen molar-refractivity contribution in [2.45, 2.75) is 72.1 Å². The maximum absolute atomic E-state index is 12.0. The lowest BCUT2D eigenvalue weighted by molar-refractivity contribution is -0.144. The minimum atomic E-state index is -0.556. The van der Waals surface area contributed by atoms with E-state index in [1.807, 2.05) is 27.7 Å². The Balaban J connectivity index is 2.75. The first-order valence-corrected chi connectivity index (χ1v) is 7.85. The quantitative estimate of drug-likeness (QED) is 0.624. The maximum Gasteiger partial charge on any atom is 0.408 e. The van der Waals surface area contributed by atoms with Crippen LogP contribution in [0, 0.1) is 11.8 Å². The number of carbonyl (C=O) groups excluding carboxylic acids is 2. The highest BCUT2D eigenvalue weighted by Crippen LogP contribution is 2.30. The molecule has 0 spiro atoms. The molecule has 0 unspecified atom stereocenters. The summed E-state index contributed by atoms with van der Waals surface area (Å²) in [6.07, 6.45) is 0.471. The molecule has 1 heterocycles. The maximum atomic E-state index is 12.0. The number of amides is 1. The Morgan fingerprint density at radius 1 is 1.45 bits per heavy atom. The van der Waals surface area contributed by atoms with Gasteiger partial charge < -0.3 is 14.8 Å². The first kappa shape index (κ1) is 18.5. The van der Waals surface area contributed by atoms with Crippen LogP contribution in [-0.2, 0) is 14.3 Å². The zero-order chi connectivity index (χ0) is 17.1. The third-order valence-corrected chi connectivity index (χ3v) is 3.49. The SMILES string of the molecule is C=C(C)[C@@H]1C[C@H]([C@H](CC(C)C)NC(=O)OC(C)(C)C)OC1=O. The van der Waals surface area contributed by atoms with Gasteiger partial charge in [-0.15, -0.1) is 0 Å². The number of carbonyl (C=O) groups is 2. The number of hydrogen-bond acceptors (Lipinski definition) is 4. The fraction of sp³-hybridized carbons (Fsp3) is 0.765. The summed E-state index contributed by atoms with van der Waals surface area (Å²) in [5, 5.41) is 2.86. The standard InChI is InChI=1S/C17H29NO4/c1-10(2)8-13(18-16(20)22-17(5,6)7)14-9-12(11(3)4)15(19)21-14/h10,12-14H,3,8-9H2,1-2,4-7H3,(H,18,20)/t12-,13-,14+/m0/s1. The van der Waals surface area contributed by atoms with Crippen LogP contribution in [0.4, 0.5) is 4.79 Å². The third kappa shape index (κ3) is 5.70. The lowest BCUT2D eigenvalue weighted by Gasteiger charge is -2.27. The highest BCUT2D eigenvalue weighted by Gasteiger charge is 2.40. The second-order valence-electron chi connectivity index (χ2n) is 7.49. The molecule has 0 saturated carbocycles. The molecule has 1 aliphatic rings. The van der Waals surface area contributed by atoms with Crippen LogP contribution in [0.5, 0.6) is 0 Å². The van der Waals surface area contributed by atoms with Gasteiger partial charge in [-0.3, -0.25) is 4.79 Å². The summed E-state index contributed by atoms with van der Waals surface area (Å²) >= 11 is 0. The number of rotatable bonds is 5. The summed E-state index contributed by atoms with van der Waals surface area (Å²) in [5.41, 5.74) is 0.243. The fourth-order valence-electron chi connectivity index (χ4n) is 2.53. The van der Waals surface area contributed by atoms with Gasteiger partial charge in [0.25, 0.3) is 0 Å². The van der Waals surface area contributed by atoms with Crippen molar-refractivity contribution in [2.75, 3.05) is 0 Å². The smallest absolute Gasteiger partial charge is 0.408 e. The van der Waals surface area contributed by atoms with Gasteiger partial charge in [0.05, 0.1) is 12.0 Å². The molecule has 0 aromatic carbocycles. The van der Waals surface area contributed by atoms with Gasteiger partial charge >= 0.3 is 12.1 Å². The van der Waals surface area contributed by atoms with Crippen molar-refractivity contribution in [1.82, 2.24) is 5.32 Å². The molecule has 5 heteroatoms. The van der Waals surface area contributed by atoms with Gasteiger partial charge in [0.1, 0.15) is 11.7 Å². The van der Waals surface area contributed by atoms with Crippen molar-refractivity contribution >= 4 is 12.1 Å². The van der Waals surface area contributed by atoms with Crippen molar-refractivity contribution < 1.29 is 19.1 Å². The molecule has 1 fully saturated rings. The minimum Gasteiger partial charge on any atom is -0.460 e. The molecule has 1 saturated heterocycles. The molecule has 22 heavy (non-hydrogen) atoms. The van der Waals surface area contributed by atoms with Crippen LogP contribution in [0.1, 0.15) is 54.4 Å². The topological polar surface area (TPSA) is 64.6 Å². The average Bonchev–Trinajstić information content (AvgIpc) is 2.67. The van der Waals surface area contributed by atoms with E-state index in [1.54, 1.807) is 0 Å². The van der Waals surface area contributed by atoms with Crippen molar-refractivity contribution in [1.29, 1.82) is 0 Å². The number of esters is 1. The van der Waals surface area contributed by atoms with E-state index in [4.69, 9.17) is 9.47 Å². The predicted octanol–water partition coefficient (Wildman–Crippen LogP) is 3.43. The second kappa shape index (κ2) is 7.16. The Kier molecular flexibility index (Phi) is 6.03. The summed E-state index contributed by atoms with van der Waals surface area (Å²) in [4.78, 5) is 23.9. The van der Waals surface area contributed by atoms with Gasteiger partial charge in [-0.25, -0.2) is 4.79 Å². The van der Waals surface area contributed by atoms with Crippen LogP contribution in [0.2, 0.25) is 0 Å². The average molecular weight is 311 g/mol. The summed E-state index contributed by atoms with van der Waals surface area (Å²) in [5.74, 6) is -0.167. The molecule has 1 rings (SSSR count). The Bertz CT molecular complexity index is 436. The normalized spacial score (nSPS) is 23.1. The third-order valence-electron chi connectivity index (χ3n) is 3.49. The Hall–Kier alpha value is -1.52. The van der Waals surface area contributed by atoms with Crippen LogP contribution in [0.15, 0.2) is 12.2 Å². The molecule has 5 nitrogen and oxygen atoms in total. The summed E-state index contributed by atoms with van der Waals surface area (Å²) in [7, 11) is 0. The van der Waals surface area contributed by atoms with Gasteiger partial charge in [0.2, 0.25) is 0 Å². The van der Waals surface area contributed by atoms with E-state index in [0.29, 0.717) is 12.3 Å². The van der Waals surface area contributed by atoms with Crippen molar-refractivity contribution in [3.63, 3.8) is 0 Å². The molecule has 1 amide bonds. The van der Waals surface area contributed by atoms with Crippen molar-refractivity contribution in [2.24, 2.45) is 11.8 Å². The van der Waals surface area contributed by atoms with E-state index in [1.165, 1.54) is 0 Å². The van der Waals surface area contributed by atoms with E-state index < -0.39 is 11.7 Å². The highest BCUT2D eigenvalue weighted by molar-refractivity contribution is 5.78. The van der Waals surface area contributed by atoms with Crippen LogP contribution in [-0.4, -0.2) is 29.8 Å². The van der Waals surface area contributed by atoms with Gasteiger partial charge in [0.15, 0.2) is 0 Å². The molecule has 126 valence electrons. The lowest BCUT2D eigenvalue weighted by atomic mass is 9.92. The van der Waals surface area contributed by atoms with E-state index >= 15 is 0 Å². The number of alkyl carbamates (subject to hydrolysis) is 1. The molecule has 0 bridgehead atoms.